The maximum absolute atomic E-state index is 5.22. The number of methoxy groups -OCH3 is 1. The number of aromatic nitrogens is 2. The van der Waals surface area contributed by atoms with E-state index in [9.17, 15) is 0 Å². The SMILES string of the molecule is CCC(C)(C)NCCSc1nc2ccc(OC)cc2[nH]1. The van der Waals surface area contributed by atoms with Gasteiger partial charge in [0.1, 0.15) is 5.75 Å². The zero-order valence-corrected chi connectivity index (χ0v) is 13.4. The van der Waals surface area contributed by atoms with E-state index in [0.29, 0.717) is 0 Å². The fourth-order valence-corrected chi connectivity index (χ4v) is 2.57. The van der Waals surface area contributed by atoms with Crippen LogP contribution in [0.1, 0.15) is 27.2 Å². The second-order valence-electron chi connectivity index (χ2n) is 5.44. The Bertz CT molecular complexity index is 565. The lowest BCUT2D eigenvalue weighted by molar-refractivity contribution is 0.388. The first kappa shape index (κ1) is 15.2. The quantitative estimate of drug-likeness (QED) is 0.606. The maximum Gasteiger partial charge on any atom is 0.166 e. The summed E-state index contributed by atoms with van der Waals surface area (Å²) in [5, 5.41) is 4.51. The first-order chi connectivity index (χ1) is 9.54. The molecular formula is C15H23N3OS. The van der Waals surface area contributed by atoms with E-state index in [1.807, 2.05) is 18.2 Å². The van der Waals surface area contributed by atoms with Gasteiger partial charge in [0.05, 0.1) is 18.1 Å². The lowest BCUT2D eigenvalue weighted by Crippen LogP contribution is -2.39. The molecule has 0 atom stereocenters. The number of ether oxygens (including phenoxy) is 1. The Balaban J connectivity index is 1.90. The van der Waals surface area contributed by atoms with Crippen LogP contribution in [0.3, 0.4) is 0 Å². The van der Waals surface area contributed by atoms with Crippen molar-refractivity contribution in [3.8, 4) is 5.75 Å². The van der Waals surface area contributed by atoms with Crippen LogP contribution >= 0.6 is 11.8 Å². The number of H-pyrrole nitrogens is 1. The van der Waals surface area contributed by atoms with Crippen LogP contribution in [-0.4, -0.2) is 34.9 Å². The third-order valence-electron chi connectivity index (χ3n) is 3.50. The minimum Gasteiger partial charge on any atom is -0.497 e. The van der Waals surface area contributed by atoms with E-state index in [4.69, 9.17) is 4.74 Å². The summed E-state index contributed by atoms with van der Waals surface area (Å²) in [5.41, 5.74) is 2.21. The van der Waals surface area contributed by atoms with E-state index in [0.717, 1.165) is 40.7 Å². The molecule has 0 aliphatic carbocycles. The Kier molecular flexibility index (Phi) is 4.94. The van der Waals surface area contributed by atoms with Gasteiger partial charge in [0.15, 0.2) is 5.16 Å². The summed E-state index contributed by atoms with van der Waals surface area (Å²) in [6.45, 7) is 7.63. The summed E-state index contributed by atoms with van der Waals surface area (Å²) in [7, 11) is 1.67. The number of hydrogen-bond acceptors (Lipinski definition) is 4. The van der Waals surface area contributed by atoms with E-state index in [1.54, 1.807) is 18.9 Å². The van der Waals surface area contributed by atoms with Gasteiger partial charge in [-0.1, -0.05) is 18.7 Å². The highest BCUT2D eigenvalue weighted by Crippen LogP contribution is 2.22. The average molecular weight is 293 g/mol. The molecule has 110 valence electrons. The molecule has 0 bridgehead atoms. The van der Waals surface area contributed by atoms with Crippen LogP contribution in [-0.2, 0) is 0 Å². The lowest BCUT2D eigenvalue weighted by atomic mass is 10.0. The van der Waals surface area contributed by atoms with Crippen LogP contribution in [0.25, 0.3) is 11.0 Å². The fraction of sp³-hybridized carbons (Fsp3) is 0.533. The topological polar surface area (TPSA) is 49.9 Å². The molecule has 0 fully saturated rings. The molecule has 4 nitrogen and oxygen atoms in total. The first-order valence-electron chi connectivity index (χ1n) is 6.95. The summed E-state index contributed by atoms with van der Waals surface area (Å²) in [6.07, 6.45) is 1.13. The third-order valence-corrected chi connectivity index (χ3v) is 4.37. The minimum atomic E-state index is 0.210. The van der Waals surface area contributed by atoms with Crippen LogP contribution in [0.2, 0.25) is 0 Å². The van der Waals surface area contributed by atoms with Gasteiger partial charge in [-0.2, -0.15) is 0 Å². The van der Waals surface area contributed by atoms with Gasteiger partial charge < -0.3 is 15.0 Å². The number of benzene rings is 1. The van der Waals surface area contributed by atoms with Crippen molar-refractivity contribution < 1.29 is 4.74 Å². The Morgan fingerprint density at radius 2 is 2.20 bits per heavy atom. The molecule has 0 amide bonds. The van der Waals surface area contributed by atoms with Crippen molar-refractivity contribution in [2.45, 2.75) is 37.9 Å². The number of imidazole rings is 1. The van der Waals surface area contributed by atoms with Gasteiger partial charge in [0, 0.05) is 23.9 Å². The highest BCUT2D eigenvalue weighted by molar-refractivity contribution is 7.99. The largest absolute Gasteiger partial charge is 0.497 e. The Morgan fingerprint density at radius 1 is 1.40 bits per heavy atom. The molecule has 0 unspecified atom stereocenters. The van der Waals surface area contributed by atoms with E-state index in [-0.39, 0.29) is 5.54 Å². The van der Waals surface area contributed by atoms with Crippen molar-refractivity contribution in [1.82, 2.24) is 15.3 Å². The van der Waals surface area contributed by atoms with Gasteiger partial charge >= 0.3 is 0 Å². The molecule has 0 saturated carbocycles. The molecule has 1 aromatic carbocycles. The molecule has 2 rings (SSSR count). The molecule has 0 aliphatic heterocycles. The number of nitrogens with one attached hydrogen (secondary N) is 2. The second kappa shape index (κ2) is 6.50. The monoisotopic (exact) mass is 293 g/mol. The Hall–Kier alpha value is -1.20. The average Bonchev–Trinajstić information content (AvgIpc) is 2.85. The molecular weight excluding hydrogens is 270 g/mol. The van der Waals surface area contributed by atoms with Crippen molar-refractivity contribution in [1.29, 1.82) is 0 Å². The molecule has 2 aromatic rings. The molecule has 0 aliphatic rings. The second-order valence-corrected chi connectivity index (χ2v) is 6.52. The molecule has 2 N–H and O–H groups in total. The van der Waals surface area contributed by atoms with Crippen LogP contribution in [0.15, 0.2) is 23.4 Å². The zero-order valence-electron chi connectivity index (χ0n) is 12.6. The number of rotatable bonds is 7. The van der Waals surface area contributed by atoms with Crippen LogP contribution in [0.4, 0.5) is 0 Å². The van der Waals surface area contributed by atoms with Gasteiger partial charge in [0.2, 0.25) is 0 Å². The summed E-state index contributed by atoms with van der Waals surface area (Å²) in [6, 6.07) is 5.89. The van der Waals surface area contributed by atoms with Crippen LogP contribution in [0, 0.1) is 0 Å². The van der Waals surface area contributed by atoms with Gasteiger partial charge in [-0.3, -0.25) is 0 Å². The smallest absolute Gasteiger partial charge is 0.166 e. The molecule has 20 heavy (non-hydrogen) atoms. The highest BCUT2D eigenvalue weighted by Gasteiger charge is 2.13. The Labute approximate surface area is 124 Å². The highest BCUT2D eigenvalue weighted by atomic mass is 32.2. The molecule has 0 spiro atoms. The molecule has 0 radical (unpaired) electrons. The van der Waals surface area contributed by atoms with Gasteiger partial charge in [-0.25, -0.2) is 4.98 Å². The number of fused-ring (bicyclic) bond motifs is 1. The van der Waals surface area contributed by atoms with E-state index < -0.39 is 0 Å². The van der Waals surface area contributed by atoms with Gasteiger partial charge in [-0.05, 0) is 32.4 Å². The predicted molar refractivity (Wildman–Crippen MR) is 85.7 cm³/mol. The zero-order chi connectivity index (χ0) is 14.6. The third kappa shape index (κ3) is 3.90. The van der Waals surface area contributed by atoms with Gasteiger partial charge in [0.25, 0.3) is 0 Å². The minimum absolute atomic E-state index is 0.210. The normalized spacial score (nSPS) is 12.0. The predicted octanol–water partition coefficient (Wildman–Crippen LogP) is 3.44. The number of thioether (sulfide) groups is 1. The van der Waals surface area contributed by atoms with E-state index in [1.165, 1.54) is 0 Å². The standard InChI is InChI=1S/C15H23N3OS/c1-5-15(2,3)16-8-9-20-14-17-12-7-6-11(19-4)10-13(12)18-14/h6-7,10,16H,5,8-9H2,1-4H3,(H,17,18). The Morgan fingerprint density at radius 3 is 2.90 bits per heavy atom. The number of nitrogens with zero attached hydrogens (tertiary/aromatic N) is 1. The van der Waals surface area contributed by atoms with Crippen molar-refractivity contribution in [2.75, 3.05) is 19.4 Å². The maximum atomic E-state index is 5.22. The molecule has 1 heterocycles. The molecule has 5 heteroatoms. The van der Waals surface area contributed by atoms with Crippen LogP contribution < -0.4 is 10.1 Å². The van der Waals surface area contributed by atoms with Crippen molar-refractivity contribution in [2.24, 2.45) is 0 Å². The fourth-order valence-electron chi connectivity index (χ4n) is 1.82. The van der Waals surface area contributed by atoms with E-state index in [2.05, 4.69) is 36.1 Å². The van der Waals surface area contributed by atoms with Gasteiger partial charge in [-0.15, -0.1) is 0 Å². The lowest BCUT2D eigenvalue weighted by Gasteiger charge is -2.24. The number of hydrogen-bond donors (Lipinski definition) is 2. The van der Waals surface area contributed by atoms with Crippen molar-refractivity contribution in [3.63, 3.8) is 0 Å². The van der Waals surface area contributed by atoms with E-state index >= 15 is 0 Å². The first-order valence-corrected chi connectivity index (χ1v) is 7.94. The van der Waals surface area contributed by atoms with Crippen LogP contribution in [0.5, 0.6) is 5.75 Å². The number of aromatic amines is 1. The molecule has 1 aromatic heterocycles. The summed E-state index contributed by atoms with van der Waals surface area (Å²) in [5.74, 6) is 1.85. The molecule has 0 saturated heterocycles. The van der Waals surface area contributed by atoms with Crippen molar-refractivity contribution >= 4 is 22.8 Å². The summed E-state index contributed by atoms with van der Waals surface area (Å²) in [4.78, 5) is 7.89. The van der Waals surface area contributed by atoms with Crippen molar-refractivity contribution in [3.05, 3.63) is 18.2 Å². The summed E-state index contributed by atoms with van der Waals surface area (Å²) < 4.78 is 5.22. The summed E-state index contributed by atoms with van der Waals surface area (Å²) >= 11 is 1.74.